The molecule has 0 aliphatic carbocycles. The minimum absolute atomic E-state index is 0.576. The van der Waals surface area contributed by atoms with Crippen molar-refractivity contribution in [2.45, 2.75) is 45.6 Å². The van der Waals surface area contributed by atoms with E-state index in [0.29, 0.717) is 6.04 Å². The van der Waals surface area contributed by atoms with Crippen molar-refractivity contribution in [2.24, 2.45) is 4.99 Å². The standard InChI is InChI=1S/C9H18N2/c1-3-4-5-6-9-10-7-8(2)11-9/h8H,3-7H2,1-2H3,(H,10,11). The summed E-state index contributed by atoms with van der Waals surface area (Å²) in [6, 6.07) is 0.576. The number of nitrogens with one attached hydrogen (secondary N) is 1. The Hall–Kier alpha value is -0.530. The topological polar surface area (TPSA) is 24.4 Å². The molecule has 1 rings (SSSR count). The minimum Gasteiger partial charge on any atom is -0.370 e. The van der Waals surface area contributed by atoms with Gasteiger partial charge in [0.2, 0.25) is 0 Å². The van der Waals surface area contributed by atoms with Crippen molar-refractivity contribution in [1.29, 1.82) is 0 Å². The first-order chi connectivity index (χ1) is 5.33. The molecule has 1 aliphatic heterocycles. The van der Waals surface area contributed by atoms with Crippen LogP contribution in [0.2, 0.25) is 0 Å². The first kappa shape index (κ1) is 8.57. The fraction of sp³-hybridized carbons (Fsp3) is 0.889. The van der Waals surface area contributed by atoms with Crippen LogP contribution in [0.25, 0.3) is 0 Å². The summed E-state index contributed by atoms with van der Waals surface area (Å²) in [5.41, 5.74) is 0. The summed E-state index contributed by atoms with van der Waals surface area (Å²) in [4.78, 5) is 4.39. The van der Waals surface area contributed by atoms with Crippen LogP contribution >= 0.6 is 0 Å². The molecule has 2 nitrogen and oxygen atoms in total. The van der Waals surface area contributed by atoms with Crippen molar-refractivity contribution >= 4 is 5.84 Å². The average Bonchev–Trinajstić information content (AvgIpc) is 2.37. The minimum atomic E-state index is 0.576. The highest BCUT2D eigenvalue weighted by atomic mass is 15.1. The van der Waals surface area contributed by atoms with Crippen LogP contribution in [0.15, 0.2) is 4.99 Å². The molecule has 1 N–H and O–H groups in total. The SMILES string of the molecule is CCCCCC1=NCC(C)N1. The molecule has 1 aliphatic rings. The van der Waals surface area contributed by atoms with Gasteiger partial charge in [-0.15, -0.1) is 0 Å². The lowest BCUT2D eigenvalue weighted by Crippen LogP contribution is -2.26. The van der Waals surface area contributed by atoms with E-state index < -0.39 is 0 Å². The fourth-order valence-electron chi connectivity index (χ4n) is 1.32. The Morgan fingerprint density at radius 3 is 2.91 bits per heavy atom. The Morgan fingerprint density at radius 2 is 2.36 bits per heavy atom. The quantitative estimate of drug-likeness (QED) is 0.615. The zero-order chi connectivity index (χ0) is 8.10. The summed E-state index contributed by atoms with van der Waals surface area (Å²) in [5, 5.41) is 3.36. The lowest BCUT2D eigenvalue weighted by atomic mass is 10.2. The molecular weight excluding hydrogens is 136 g/mol. The van der Waals surface area contributed by atoms with Crippen LogP contribution in [-0.2, 0) is 0 Å². The Balaban J connectivity index is 2.08. The van der Waals surface area contributed by atoms with E-state index in [1.807, 2.05) is 0 Å². The molecule has 1 atom stereocenters. The fourth-order valence-corrected chi connectivity index (χ4v) is 1.32. The van der Waals surface area contributed by atoms with Crippen LogP contribution in [0.5, 0.6) is 0 Å². The molecule has 0 saturated heterocycles. The van der Waals surface area contributed by atoms with Gasteiger partial charge in [-0.3, -0.25) is 4.99 Å². The van der Waals surface area contributed by atoms with Crippen LogP contribution in [0.3, 0.4) is 0 Å². The van der Waals surface area contributed by atoms with E-state index in [-0.39, 0.29) is 0 Å². The Kier molecular flexibility index (Phi) is 3.40. The van der Waals surface area contributed by atoms with Gasteiger partial charge in [-0.2, -0.15) is 0 Å². The summed E-state index contributed by atoms with van der Waals surface area (Å²) >= 11 is 0. The third-order valence-electron chi connectivity index (χ3n) is 1.99. The van der Waals surface area contributed by atoms with Crippen LogP contribution < -0.4 is 5.32 Å². The van der Waals surface area contributed by atoms with E-state index in [2.05, 4.69) is 24.2 Å². The number of aliphatic imine (C=N–C) groups is 1. The van der Waals surface area contributed by atoms with E-state index in [1.165, 1.54) is 25.1 Å². The van der Waals surface area contributed by atoms with E-state index >= 15 is 0 Å². The third kappa shape index (κ3) is 2.91. The molecule has 1 heterocycles. The maximum absolute atomic E-state index is 4.39. The maximum Gasteiger partial charge on any atom is 0.0966 e. The van der Waals surface area contributed by atoms with Gasteiger partial charge in [0, 0.05) is 12.5 Å². The monoisotopic (exact) mass is 154 g/mol. The molecule has 0 fully saturated rings. The zero-order valence-electron chi connectivity index (χ0n) is 7.56. The van der Waals surface area contributed by atoms with E-state index in [1.54, 1.807) is 0 Å². The van der Waals surface area contributed by atoms with Crippen LogP contribution in [0.1, 0.15) is 39.5 Å². The summed E-state index contributed by atoms with van der Waals surface area (Å²) in [7, 11) is 0. The number of nitrogens with zero attached hydrogens (tertiary/aromatic N) is 1. The molecular formula is C9H18N2. The van der Waals surface area contributed by atoms with Crippen molar-refractivity contribution in [2.75, 3.05) is 6.54 Å². The van der Waals surface area contributed by atoms with Crippen molar-refractivity contribution in [3.63, 3.8) is 0 Å². The van der Waals surface area contributed by atoms with Crippen molar-refractivity contribution in [3.8, 4) is 0 Å². The van der Waals surface area contributed by atoms with E-state index in [0.717, 1.165) is 13.0 Å². The molecule has 0 aromatic rings. The van der Waals surface area contributed by atoms with Crippen molar-refractivity contribution < 1.29 is 0 Å². The smallest absolute Gasteiger partial charge is 0.0966 e. The highest BCUT2D eigenvalue weighted by Crippen LogP contribution is 2.04. The molecule has 2 heteroatoms. The van der Waals surface area contributed by atoms with Crippen LogP contribution in [0, 0.1) is 0 Å². The Morgan fingerprint density at radius 1 is 1.55 bits per heavy atom. The van der Waals surface area contributed by atoms with Gasteiger partial charge in [0.25, 0.3) is 0 Å². The van der Waals surface area contributed by atoms with Crippen LogP contribution in [-0.4, -0.2) is 18.4 Å². The molecule has 1 unspecified atom stereocenters. The second kappa shape index (κ2) is 4.37. The number of amidine groups is 1. The van der Waals surface area contributed by atoms with Gasteiger partial charge in [-0.05, 0) is 13.3 Å². The lowest BCUT2D eigenvalue weighted by molar-refractivity contribution is 0.703. The molecule has 0 saturated carbocycles. The highest BCUT2D eigenvalue weighted by Gasteiger charge is 2.10. The zero-order valence-corrected chi connectivity index (χ0v) is 7.56. The molecule has 0 aromatic heterocycles. The summed E-state index contributed by atoms with van der Waals surface area (Å²) in [6.07, 6.45) is 5.06. The Bertz CT molecular complexity index is 140. The third-order valence-corrected chi connectivity index (χ3v) is 1.99. The predicted molar refractivity (Wildman–Crippen MR) is 49.0 cm³/mol. The molecule has 0 bridgehead atoms. The summed E-state index contributed by atoms with van der Waals surface area (Å²) in [6.45, 7) is 5.38. The van der Waals surface area contributed by atoms with Gasteiger partial charge >= 0.3 is 0 Å². The molecule has 64 valence electrons. The van der Waals surface area contributed by atoms with Gasteiger partial charge in [-0.25, -0.2) is 0 Å². The van der Waals surface area contributed by atoms with Crippen molar-refractivity contribution in [1.82, 2.24) is 5.32 Å². The second-order valence-electron chi connectivity index (χ2n) is 3.29. The average molecular weight is 154 g/mol. The molecule has 11 heavy (non-hydrogen) atoms. The summed E-state index contributed by atoms with van der Waals surface area (Å²) < 4.78 is 0. The number of rotatable bonds is 4. The number of unbranched alkanes of at least 4 members (excludes halogenated alkanes) is 2. The summed E-state index contributed by atoms with van der Waals surface area (Å²) in [5.74, 6) is 1.23. The molecule has 0 spiro atoms. The van der Waals surface area contributed by atoms with Crippen molar-refractivity contribution in [3.05, 3.63) is 0 Å². The highest BCUT2D eigenvalue weighted by molar-refractivity contribution is 5.83. The lowest BCUT2D eigenvalue weighted by Gasteiger charge is -2.04. The first-order valence-corrected chi connectivity index (χ1v) is 4.62. The van der Waals surface area contributed by atoms with E-state index in [4.69, 9.17) is 0 Å². The van der Waals surface area contributed by atoms with Gasteiger partial charge in [-0.1, -0.05) is 19.8 Å². The largest absolute Gasteiger partial charge is 0.370 e. The normalized spacial score (nSPS) is 23.1. The van der Waals surface area contributed by atoms with Gasteiger partial charge in [0.1, 0.15) is 0 Å². The van der Waals surface area contributed by atoms with E-state index in [9.17, 15) is 0 Å². The first-order valence-electron chi connectivity index (χ1n) is 4.62. The molecule has 0 aromatic carbocycles. The van der Waals surface area contributed by atoms with Gasteiger partial charge in [0.05, 0.1) is 12.4 Å². The number of hydrogen-bond donors (Lipinski definition) is 1. The Labute approximate surface area is 69.1 Å². The van der Waals surface area contributed by atoms with Crippen LogP contribution in [0.4, 0.5) is 0 Å². The molecule has 0 radical (unpaired) electrons. The molecule has 0 amide bonds. The second-order valence-corrected chi connectivity index (χ2v) is 3.29. The maximum atomic E-state index is 4.39. The predicted octanol–water partition coefficient (Wildman–Crippen LogP) is 1.96. The van der Waals surface area contributed by atoms with Gasteiger partial charge in [0.15, 0.2) is 0 Å². The number of hydrogen-bond acceptors (Lipinski definition) is 2. The van der Waals surface area contributed by atoms with Gasteiger partial charge < -0.3 is 5.32 Å².